The third kappa shape index (κ3) is 5.04. The molecule has 0 aliphatic carbocycles. The van der Waals surface area contributed by atoms with Gasteiger partial charge in [0, 0.05) is 0 Å². The fraction of sp³-hybridized carbons (Fsp3) is 1.00. The Morgan fingerprint density at radius 1 is 1.00 bits per heavy atom. The third-order valence-electron chi connectivity index (χ3n) is 2.09. The molecule has 4 heteroatoms. The molecule has 0 spiro atoms. The molecule has 12 heavy (non-hydrogen) atoms. The molecule has 0 aromatic carbocycles. The predicted octanol–water partition coefficient (Wildman–Crippen LogP) is 1.82. The van der Waals surface area contributed by atoms with Crippen LogP contribution in [0.5, 0.6) is 0 Å². The van der Waals surface area contributed by atoms with E-state index < -0.39 is 7.94 Å². The van der Waals surface area contributed by atoms with Gasteiger partial charge in [0.1, 0.15) is 0 Å². The van der Waals surface area contributed by atoms with Crippen molar-refractivity contribution in [2.45, 2.75) is 51.6 Å². The molecule has 0 rings (SSSR count). The summed E-state index contributed by atoms with van der Waals surface area (Å²) in [7, 11) is -3.84. The van der Waals surface area contributed by atoms with E-state index >= 15 is 0 Å². The van der Waals surface area contributed by atoms with Crippen molar-refractivity contribution in [3.63, 3.8) is 0 Å². The van der Waals surface area contributed by atoms with Crippen molar-refractivity contribution in [1.29, 1.82) is 0 Å². The van der Waals surface area contributed by atoms with Crippen LogP contribution in [0, 0.1) is 0 Å². The van der Waals surface area contributed by atoms with Crippen molar-refractivity contribution in [1.82, 2.24) is 0 Å². The van der Waals surface area contributed by atoms with Crippen LogP contribution in [0.15, 0.2) is 0 Å². The van der Waals surface area contributed by atoms with Gasteiger partial charge in [-0.05, 0) is 0 Å². The Morgan fingerprint density at radius 3 is 1.92 bits per heavy atom. The number of rotatable bonds is 6. The number of hydrogen-bond acceptors (Lipinski definition) is 3. The van der Waals surface area contributed by atoms with E-state index in [1.807, 2.05) is 6.92 Å². The Hall–Kier alpha value is 0.310. The summed E-state index contributed by atoms with van der Waals surface area (Å²) in [5, 5.41) is 0. The Bertz CT molecular complexity index is 111. The van der Waals surface area contributed by atoms with Gasteiger partial charge >= 0.3 is 74.2 Å². The standard InChI is InChI=1S/C8H21O3P/c1-3-5-7-8(6-4-2)12(9,10)11/h8-12H,3-7H2,1-2H3. The van der Waals surface area contributed by atoms with Gasteiger partial charge in [-0.3, -0.25) is 0 Å². The molecule has 0 radical (unpaired) electrons. The molecule has 3 N–H and O–H groups in total. The molecule has 1 unspecified atom stereocenters. The van der Waals surface area contributed by atoms with Gasteiger partial charge in [0.15, 0.2) is 0 Å². The Kier molecular flexibility index (Phi) is 6.02. The molecule has 0 saturated carbocycles. The van der Waals surface area contributed by atoms with Crippen molar-refractivity contribution < 1.29 is 14.7 Å². The first-order valence-corrected chi connectivity index (χ1v) is 6.61. The number of unbranched alkanes of at least 4 members (excludes halogenated alkanes) is 1. The van der Waals surface area contributed by atoms with Crippen molar-refractivity contribution in [3.05, 3.63) is 0 Å². The zero-order chi connectivity index (χ0) is 9.61. The van der Waals surface area contributed by atoms with Crippen LogP contribution >= 0.6 is 7.94 Å². The summed E-state index contributed by atoms with van der Waals surface area (Å²) in [6.45, 7) is 4.04. The molecule has 1 atom stereocenters. The fourth-order valence-corrected chi connectivity index (χ4v) is 2.60. The second kappa shape index (κ2) is 5.87. The van der Waals surface area contributed by atoms with E-state index in [1.165, 1.54) is 0 Å². The van der Waals surface area contributed by atoms with Crippen molar-refractivity contribution in [3.8, 4) is 0 Å². The summed E-state index contributed by atoms with van der Waals surface area (Å²) in [5.74, 6) is 0. The van der Waals surface area contributed by atoms with Crippen LogP contribution in [-0.4, -0.2) is 20.3 Å². The molecule has 0 amide bonds. The van der Waals surface area contributed by atoms with Gasteiger partial charge in [0.2, 0.25) is 0 Å². The summed E-state index contributed by atoms with van der Waals surface area (Å²) < 4.78 is 0. The first kappa shape index (κ1) is 12.3. The molecular formula is C8H21O3P. The van der Waals surface area contributed by atoms with Gasteiger partial charge in [0.05, 0.1) is 0 Å². The molecule has 0 aliphatic heterocycles. The quantitative estimate of drug-likeness (QED) is 0.568. The monoisotopic (exact) mass is 196 g/mol. The van der Waals surface area contributed by atoms with E-state index in [1.54, 1.807) is 0 Å². The Morgan fingerprint density at radius 2 is 1.58 bits per heavy atom. The summed E-state index contributed by atoms with van der Waals surface area (Å²) in [5.41, 5.74) is -0.262. The van der Waals surface area contributed by atoms with Gasteiger partial charge in [-0.25, -0.2) is 0 Å². The Labute approximate surface area is 75.0 Å². The summed E-state index contributed by atoms with van der Waals surface area (Å²) in [4.78, 5) is 27.3. The average molecular weight is 196 g/mol. The van der Waals surface area contributed by atoms with Crippen LogP contribution in [0.4, 0.5) is 0 Å². The van der Waals surface area contributed by atoms with Crippen molar-refractivity contribution in [2.75, 3.05) is 0 Å². The van der Waals surface area contributed by atoms with Gasteiger partial charge in [-0.2, -0.15) is 0 Å². The molecule has 0 aromatic rings. The molecule has 3 nitrogen and oxygen atoms in total. The normalized spacial score (nSPS) is 16.1. The van der Waals surface area contributed by atoms with Crippen LogP contribution in [-0.2, 0) is 0 Å². The third-order valence-corrected chi connectivity index (χ3v) is 3.76. The molecule has 76 valence electrons. The second-order valence-electron chi connectivity index (χ2n) is 3.32. The van der Waals surface area contributed by atoms with E-state index in [0.29, 0.717) is 0 Å². The first-order valence-electron chi connectivity index (χ1n) is 4.69. The first-order chi connectivity index (χ1) is 5.52. The maximum atomic E-state index is 9.09. The van der Waals surface area contributed by atoms with Gasteiger partial charge in [0.25, 0.3) is 0 Å². The summed E-state index contributed by atoms with van der Waals surface area (Å²) in [6.07, 6.45) is 4.34. The molecular weight excluding hydrogens is 175 g/mol. The summed E-state index contributed by atoms with van der Waals surface area (Å²) >= 11 is 0. The topological polar surface area (TPSA) is 60.7 Å². The fourth-order valence-electron chi connectivity index (χ4n) is 1.33. The minimum atomic E-state index is -3.84. The van der Waals surface area contributed by atoms with Crippen LogP contribution in [0.25, 0.3) is 0 Å². The number of hydrogen-bond donors (Lipinski definition) is 3. The second-order valence-corrected chi connectivity index (χ2v) is 5.51. The van der Waals surface area contributed by atoms with Crippen LogP contribution in [0.1, 0.15) is 46.0 Å². The molecule has 0 bridgehead atoms. The molecule has 0 fully saturated rings. The van der Waals surface area contributed by atoms with Crippen molar-refractivity contribution in [2.24, 2.45) is 0 Å². The van der Waals surface area contributed by atoms with Gasteiger partial charge in [-0.15, -0.1) is 0 Å². The maximum absolute atomic E-state index is 9.09. The molecule has 0 saturated heterocycles. The van der Waals surface area contributed by atoms with E-state index in [4.69, 9.17) is 14.7 Å². The summed E-state index contributed by atoms with van der Waals surface area (Å²) in [6, 6.07) is 0. The molecule has 0 aliphatic rings. The predicted molar refractivity (Wildman–Crippen MR) is 53.2 cm³/mol. The average Bonchev–Trinajstić information content (AvgIpc) is 1.95. The van der Waals surface area contributed by atoms with E-state index in [2.05, 4.69) is 6.92 Å². The van der Waals surface area contributed by atoms with E-state index in [-0.39, 0.29) is 5.66 Å². The van der Waals surface area contributed by atoms with Crippen molar-refractivity contribution >= 4 is 7.94 Å². The zero-order valence-corrected chi connectivity index (χ0v) is 8.95. The molecule has 0 aromatic heterocycles. The van der Waals surface area contributed by atoms with E-state index in [0.717, 1.165) is 32.1 Å². The van der Waals surface area contributed by atoms with Gasteiger partial charge in [-0.1, -0.05) is 0 Å². The molecule has 0 heterocycles. The van der Waals surface area contributed by atoms with Crippen LogP contribution < -0.4 is 0 Å². The Balaban J connectivity index is 3.86. The van der Waals surface area contributed by atoms with Crippen LogP contribution in [0.3, 0.4) is 0 Å². The SMILES string of the molecule is CCCCC(CCC)[PH](O)(O)O. The minimum absolute atomic E-state index is 0.262. The van der Waals surface area contributed by atoms with E-state index in [9.17, 15) is 0 Å². The van der Waals surface area contributed by atoms with Gasteiger partial charge < -0.3 is 0 Å². The van der Waals surface area contributed by atoms with Crippen LogP contribution in [0.2, 0.25) is 0 Å². The zero-order valence-electron chi connectivity index (χ0n) is 7.95.